The van der Waals surface area contributed by atoms with Crippen LogP contribution in [0.25, 0.3) is 5.69 Å². The Kier molecular flexibility index (Phi) is 5.89. The topological polar surface area (TPSA) is 118 Å². The van der Waals surface area contributed by atoms with Crippen molar-refractivity contribution in [2.45, 2.75) is 18.7 Å². The average molecular weight is 375 g/mol. The highest BCUT2D eigenvalue weighted by Crippen LogP contribution is 2.23. The number of nitrogens with two attached hydrogens (primary N) is 1. The van der Waals surface area contributed by atoms with Crippen LogP contribution in [0.2, 0.25) is 0 Å². The van der Waals surface area contributed by atoms with Crippen LogP contribution in [0.3, 0.4) is 0 Å². The van der Waals surface area contributed by atoms with E-state index in [0.29, 0.717) is 0 Å². The number of hydrogen-bond donors (Lipinski definition) is 3. The number of phenols is 1. The van der Waals surface area contributed by atoms with Crippen molar-refractivity contribution < 1.29 is 13.5 Å². The molecule has 0 aliphatic heterocycles. The summed E-state index contributed by atoms with van der Waals surface area (Å²) in [4.78, 5) is 11.5. The molecule has 3 rings (SSSR count). The highest BCUT2D eigenvalue weighted by atomic mass is 32.2. The smallest absolute Gasteiger partial charge is 0.271 e. The van der Waals surface area contributed by atoms with Gasteiger partial charge in [-0.3, -0.25) is 9.89 Å². The molecule has 0 bridgehead atoms. The number of nitrogen functional groups attached to an aromatic ring is 1. The normalized spacial score (nSPS) is 10.8. The van der Waals surface area contributed by atoms with Gasteiger partial charge in [-0.15, -0.1) is 0 Å². The van der Waals surface area contributed by atoms with Gasteiger partial charge < -0.3 is 10.8 Å². The van der Waals surface area contributed by atoms with Crippen molar-refractivity contribution in [1.82, 2.24) is 9.78 Å². The number of aromatic amines is 1. The van der Waals surface area contributed by atoms with E-state index in [0.717, 1.165) is 17.4 Å². The Balaban J connectivity index is 0.000000187. The highest BCUT2D eigenvalue weighted by molar-refractivity contribution is 7.91. The highest BCUT2D eigenvalue weighted by Gasteiger charge is 2.12. The summed E-state index contributed by atoms with van der Waals surface area (Å²) in [5.74, 6) is -0.189. The van der Waals surface area contributed by atoms with Gasteiger partial charge in [0.1, 0.15) is 5.75 Å². The maximum absolute atomic E-state index is 11.4. The van der Waals surface area contributed by atoms with Crippen LogP contribution in [0.1, 0.15) is 12.6 Å². The van der Waals surface area contributed by atoms with Crippen LogP contribution in [0.4, 0.5) is 5.69 Å². The molecule has 7 nitrogen and oxygen atoms in total. The van der Waals surface area contributed by atoms with Crippen molar-refractivity contribution in [3.63, 3.8) is 0 Å². The number of rotatable bonds is 3. The number of H-pyrrole nitrogens is 1. The fraction of sp³-hybridized carbons (Fsp3) is 0.167. The van der Waals surface area contributed by atoms with E-state index in [2.05, 4.69) is 5.10 Å². The largest absolute Gasteiger partial charge is 0.506 e. The van der Waals surface area contributed by atoms with Crippen LogP contribution < -0.4 is 11.3 Å². The van der Waals surface area contributed by atoms with Crippen LogP contribution in [-0.4, -0.2) is 29.1 Å². The quantitative estimate of drug-likeness (QED) is 0.479. The lowest BCUT2D eigenvalue weighted by Crippen LogP contribution is -2.12. The number of aromatic nitrogens is 2. The Labute approximate surface area is 151 Å². The first-order valence-corrected chi connectivity index (χ1v) is 9.55. The van der Waals surface area contributed by atoms with Gasteiger partial charge in [0.2, 0.25) is 0 Å². The van der Waals surface area contributed by atoms with E-state index in [1.807, 2.05) is 37.3 Å². The maximum Gasteiger partial charge on any atom is 0.271 e. The van der Waals surface area contributed by atoms with Crippen molar-refractivity contribution in [2.75, 3.05) is 11.5 Å². The lowest BCUT2D eigenvalue weighted by molar-refractivity contribution is 0.476. The third-order valence-corrected chi connectivity index (χ3v) is 5.34. The molecule has 0 unspecified atom stereocenters. The number of anilines is 1. The summed E-state index contributed by atoms with van der Waals surface area (Å²) < 4.78 is 24.1. The summed E-state index contributed by atoms with van der Waals surface area (Å²) in [7, 11) is -3.25. The molecule has 2 aromatic carbocycles. The van der Waals surface area contributed by atoms with E-state index in [-0.39, 0.29) is 27.6 Å². The maximum atomic E-state index is 11.4. The molecule has 138 valence electrons. The molecule has 3 aromatic rings. The third kappa shape index (κ3) is 4.54. The minimum absolute atomic E-state index is 0.0103. The number of nitrogens with one attached hydrogen (secondary N) is 1. The van der Waals surface area contributed by atoms with Gasteiger partial charge in [-0.2, -0.15) is 0 Å². The molecule has 26 heavy (non-hydrogen) atoms. The van der Waals surface area contributed by atoms with Crippen molar-refractivity contribution in [3.05, 3.63) is 70.6 Å². The van der Waals surface area contributed by atoms with Gasteiger partial charge in [0.15, 0.2) is 9.84 Å². The lowest BCUT2D eigenvalue weighted by atomic mass is 10.3. The summed E-state index contributed by atoms with van der Waals surface area (Å²) in [6.07, 6.45) is 0. The fourth-order valence-corrected chi connectivity index (χ4v) is 3.07. The second kappa shape index (κ2) is 7.92. The molecule has 4 N–H and O–H groups in total. The summed E-state index contributed by atoms with van der Waals surface area (Å²) >= 11 is 0. The van der Waals surface area contributed by atoms with Crippen LogP contribution in [-0.2, 0) is 9.84 Å². The summed E-state index contributed by atoms with van der Waals surface area (Å²) in [6, 6.07) is 15.0. The van der Waals surface area contributed by atoms with Gasteiger partial charge >= 0.3 is 0 Å². The third-order valence-electron chi connectivity index (χ3n) is 3.60. The molecule has 8 heteroatoms. The Morgan fingerprint density at radius 1 is 1.12 bits per heavy atom. The molecular formula is C18H21N3O4S. The molecule has 0 atom stereocenters. The lowest BCUT2D eigenvalue weighted by Gasteiger charge is -2.03. The van der Waals surface area contributed by atoms with Gasteiger partial charge in [0, 0.05) is 17.8 Å². The number of sulfone groups is 1. The number of nitrogens with zero attached hydrogens (tertiary/aromatic N) is 1. The number of phenolic OH excluding ortho intramolecular Hbond substituents is 1. The number of para-hydroxylation sites is 1. The van der Waals surface area contributed by atoms with Gasteiger partial charge in [0.05, 0.1) is 22.0 Å². The summed E-state index contributed by atoms with van der Waals surface area (Å²) in [5, 5.41) is 12.1. The van der Waals surface area contributed by atoms with Crippen LogP contribution in [0, 0.1) is 6.92 Å². The standard InChI is InChI=1S/C10H10N2O.C8H11NO3S/c1-8-7-10(13)12(11-8)9-5-3-2-4-6-9;1-2-13(11,12)6-3-4-7(9)8(10)5-6/h2-7,11H,1H3;3-5,10H,2,9H2,1H3. The van der Waals surface area contributed by atoms with Crippen LogP contribution in [0.15, 0.2) is 64.3 Å². The van der Waals surface area contributed by atoms with E-state index in [1.54, 1.807) is 13.0 Å². The van der Waals surface area contributed by atoms with Crippen LogP contribution >= 0.6 is 0 Å². The van der Waals surface area contributed by atoms with Gasteiger partial charge in [-0.1, -0.05) is 25.1 Å². The first kappa shape index (κ1) is 19.3. The Morgan fingerprint density at radius 2 is 1.77 bits per heavy atom. The summed E-state index contributed by atoms with van der Waals surface area (Å²) in [5.41, 5.74) is 7.21. The molecular weight excluding hydrogens is 354 g/mol. The zero-order valence-corrected chi connectivity index (χ0v) is 15.3. The van der Waals surface area contributed by atoms with Gasteiger partial charge in [-0.05, 0) is 31.2 Å². The zero-order chi connectivity index (χ0) is 19.3. The molecule has 1 aromatic heterocycles. The predicted octanol–water partition coefficient (Wildman–Crippen LogP) is 2.24. The van der Waals surface area contributed by atoms with Crippen molar-refractivity contribution >= 4 is 15.5 Å². The Bertz CT molecular complexity index is 1040. The van der Waals surface area contributed by atoms with Crippen molar-refractivity contribution in [1.29, 1.82) is 0 Å². The Hall–Kier alpha value is -3.00. The first-order chi connectivity index (χ1) is 12.2. The SMILES string of the molecule is CCS(=O)(=O)c1ccc(N)c(O)c1.Cc1cc(=O)n(-c2ccccc2)[nH]1. The van der Waals surface area contributed by atoms with Gasteiger partial charge in [0.25, 0.3) is 5.56 Å². The number of hydrogen-bond acceptors (Lipinski definition) is 5. The number of aromatic hydroxyl groups is 1. The fourth-order valence-electron chi connectivity index (χ4n) is 2.17. The van der Waals surface area contributed by atoms with Crippen molar-refractivity contribution in [2.24, 2.45) is 0 Å². The molecule has 0 amide bonds. The van der Waals surface area contributed by atoms with E-state index >= 15 is 0 Å². The van der Waals surface area contributed by atoms with E-state index < -0.39 is 9.84 Å². The monoisotopic (exact) mass is 375 g/mol. The Morgan fingerprint density at radius 3 is 2.27 bits per heavy atom. The van der Waals surface area contributed by atoms with Gasteiger partial charge in [-0.25, -0.2) is 13.1 Å². The predicted molar refractivity (Wildman–Crippen MR) is 101 cm³/mol. The molecule has 0 saturated heterocycles. The minimum Gasteiger partial charge on any atom is -0.506 e. The van der Waals surface area contributed by atoms with Crippen LogP contribution in [0.5, 0.6) is 5.75 Å². The molecule has 1 heterocycles. The van der Waals surface area contributed by atoms with E-state index in [9.17, 15) is 13.2 Å². The number of benzene rings is 2. The molecule has 0 spiro atoms. The molecule has 0 saturated carbocycles. The zero-order valence-electron chi connectivity index (χ0n) is 14.5. The van der Waals surface area contributed by atoms with E-state index in [4.69, 9.17) is 10.8 Å². The van der Waals surface area contributed by atoms with E-state index in [1.165, 1.54) is 16.8 Å². The molecule has 0 aliphatic rings. The number of aryl methyl sites for hydroxylation is 1. The first-order valence-electron chi connectivity index (χ1n) is 7.90. The summed E-state index contributed by atoms with van der Waals surface area (Å²) in [6.45, 7) is 3.41. The minimum atomic E-state index is -3.25. The molecule has 0 fully saturated rings. The van der Waals surface area contributed by atoms with Crippen molar-refractivity contribution in [3.8, 4) is 11.4 Å². The second-order valence-corrected chi connectivity index (χ2v) is 7.85. The average Bonchev–Trinajstić information content (AvgIpc) is 2.97. The molecule has 0 aliphatic carbocycles. The molecule has 0 radical (unpaired) electrons. The second-order valence-electron chi connectivity index (χ2n) is 5.57.